The second-order valence-electron chi connectivity index (χ2n) is 9.34. The number of hydrogen-bond donors (Lipinski definition) is 0. The van der Waals surface area contributed by atoms with E-state index in [1.807, 2.05) is 0 Å². The summed E-state index contributed by atoms with van der Waals surface area (Å²) in [6.45, 7) is 15.2. The topological polar surface area (TPSA) is 101 Å². The van der Waals surface area contributed by atoms with E-state index in [0.29, 0.717) is 5.82 Å². The van der Waals surface area contributed by atoms with Gasteiger partial charge in [0, 0.05) is 5.41 Å². The maximum atomic E-state index is 13.4. The quantitative estimate of drug-likeness (QED) is 0.194. The van der Waals surface area contributed by atoms with Crippen molar-refractivity contribution in [1.29, 1.82) is 0 Å². The molecule has 0 aliphatic carbocycles. The number of nitrogens with zero attached hydrogens (tertiary/aromatic N) is 2. The highest BCUT2D eigenvalue weighted by molar-refractivity contribution is 7.55. The normalized spacial score (nSPS) is 13.9. The Morgan fingerprint density at radius 1 is 1.03 bits per heavy atom. The third-order valence-corrected chi connectivity index (χ3v) is 7.17. The van der Waals surface area contributed by atoms with Crippen LogP contribution in [0.15, 0.2) is 4.52 Å². The van der Waals surface area contributed by atoms with E-state index in [1.54, 1.807) is 34.6 Å². The molecule has 0 aliphatic rings. The van der Waals surface area contributed by atoms with Gasteiger partial charge in [0.2, 0.25) is 5.89 Å². The van der Waals surface area contributed by atoms with Crippen LogP contribution in [0, 0.1) is 0 Å². The molecule has 31 heavy (non-hydrogen) atoms. The first-order chi connectivity index (χ1) is 14.4. The molecule has 1 unspecified atom stereocenters. The Morgan fingerprint density at radius 3 is 2.16 bits per heavy atom. The van der Waals surface area contributed by atoms with Gasteiger partial charge >= 0.3 is 13.6 Å². The SMILES string of the molecule is CCCCCCC(C)(C)c1noc(CC(C(=O)OC(C)(C)C)P(=O)(OCC)OCC)n1. The number of rotatable bonds is 14. The van der Waals surface area contributed by atoms with Crippen LogP contribution in [-0.2, 0) is 35.0 Å². The Morgan fingerprint density at radius 2 is 1.65 bits per heavy atom. The first kappa shape index (κ1) is 27.8. The van der Waals surface area contributed by atoms with Crippen LogP contribution in [0.25, 0.3) is 0 Å². The Balaban J connectivity index is 3.09. The van der Waals surface area contributed by atoms with Crippen LogP contribution < -0.4 is 0 Å². The zero-order valence-electron chi connectivity index (χ0n) is 20.5. The van der Waals surface area contributed by atoms with Crippen molar-refractivity contribution in [3.63, 3.8) is 0 Å². The van der Waals surface area contributed by atoms with Gasteiger partial charge in [-0.25, -0.2) is 0 Å². The zero-order chi connectivity index (χ0) is 23.7. The summed E-state index contributed by atoms with van der Waals surface area (Å²) >= 11 is 0. The third kappa shape index (κ3) is 9.03. The molecule has 1 aromatic heterocycles. The van der Waals surface area contributed by atoms with Crippen molar-refractivity contribution in [2.45, 2.75) is 111 Å². The van der Waals surface area contributed by atoms with Crippen molar-refractivity contribution in [2.24, 2.45) is 0 Å². The van der Waals surface area contributed by atoms with E-state index in [9.17, 15) is 9.36 Å². The monoisotopic (exact) mass is 460 g/mol. The first-order valence-electron chi connectivity index (χ1n) is 11.3. The van der Waals surface area contributed by atoms with Gasteiger partial charge in [-0.15, -0.1) is 0 Å². The summed E-state index contributed by atoms with van der Waals surface area (Å²) in [5.74, 6) is 0.119. The second-order valence-corrected chi connectivity index (χ2v) is 11.6. The standard InChI is InChI=1S/C22H41N2O6P/c1-9-12-13-14-15-22(7,8)20-23-18(30-24-20)16-17(19(25)29-21(4,5)6)31(26,27-10-2)28-11-3/h17H,9-16H2,1-8H3. The average Bonchev–Trinajstić information content (AvgIpc) is 3.12. The molecule has 0 spiro atoms. The molecule has 0 radical (unpaired) electrons. The first-order valence-corrected chi connectivity index (χ1v) is 12.9. The fourth-order valence-electron chi connectivity index (χ4n) is 3.15. The van der Waals surface area contributed by atoms with Gasteiger partial charge in [0.15, 0.2) is 11.5 Å². The summed E-state index contributed by atoms with van der Waals surface area (Å²) in [6.07, 6.45) is 5.48. The molecule has 1 atom stereocenters. The van der Waals surface area contributed by atoms with Crippen LogP contribution in [0.2, 0.25) is 0 Å². The number of carbonyl (C=O) groups excluding carboxylic acids is 1. The predicted molar refractivity (Wildman–Crippen MR) is 120 cm³/mol. The van der Waals surface area contributed by atoms with E-state index in [4.69, 9.17) is 18.3 Å². The van der Waals surface area contributed by atoms with Gasteiger partial charge in [-0.05, 0) is 41.0 Å². The van der Waals surface area contributed by atoms with Crippen LogP contribution >= 0.6 is 7.60 Å². The van der Waals surface area contributed by atoms with E-state index >= 15 is 0 Å². The molecule has 0 bridgehead atoms. The molecule has 0 N–H and O–H groups in total. The van der Waals surface area contributed by atoms with E-state index in [0.717, 1.165) is 19.3 Å². The molecular formula is C22H41N2O6P. The van der Waals surface area contributed by atoms with Crippen LogP contribution in [0.1, 0.15) is 99.2 Å². The Bertz CT molecular complexity index is 716. The zero-order valence-corrected chi connectivity index (χ0v) is 21.4. The summed E-state index contributed by atoms with van der Waals surface area (Å²) in [4.78, 5) is 17.4. The number of ether oxygens (including phenoxy) is 1. The Labute approximate surface area is 187 Å². The van der Waals surface area contributed by atoms with Gasteiger partial charge in [-0.2, -0.15) is 4.98 Å². The van der Waals surface area contributed by atoms with Gasteiger partial charge in [0.05, 0.1) is 19.6 Å². The molecule has 1 heterocycles. The van der Waals surface area contributed by atoms with Crippen molar-refractivity contribution in [3.8, 4) is 0 Å². The molecular weight excluding hydrogens is 419 g/mol. The minimum Gasteiger partial charge on any atom is -0.459 e. The van der Waals surface area contributed by atoms with Crippen LogP contribution in [0.5, 0.6) is 0 Å². The summed E-state index contributed by atoms with van der Waals surface area (Å²) in [7, 11) is -3.80. The highest BCUT2D eigenvalue weighted by atomic mass is 31.2. The van der Waals surface area contributed by atoms with Crippen LogP contribution in [-0.4, -0.2) is 40.6 Å². The van der Waals surface area contributed by atoms with Crippen molar-refractivity contribution in [3.05, 3.63) is 11.7 Å². The van der Waals surface area contributed by atoms with E-state index in [2.05, 4.69) is 30.9 Å². The fourth-order valence-corrected chi connectivity index (χ4v) is 5.00. The van der Waals surface area contributed by atoms with Crippen molar-refractivity contribution in [1.82, 2.24) is 10.1 Å². The molecule has 180 valence electrons. The van der Waals surface area contributed by atoms with Crippen molar-refractivity contribution in [2.75, 3.05) is 13.2 Å². The molecule has 0 fully saturated rings. The third-order valence-electron chi connectivity index (χ3n) is 4.78. The van der Waals surface area contributed by atoms with E-state index < -0.39 is 24.8 Å². The van der Waals surface area contributed by atoms with Gasteiger partial charge in [-0.3, -0.25) is 9.36 Å². The minimum atomic E-state index is -3.80. The highest BCUT2D eigenvalue weighted by Crippen LogP contribution is 2.54. The van der Waals surface area contributed by atoms with Gasteiger partial charge < -0.3 is 18.3 Å². The second kappa shape index (κ2) is 12.1. The Kier molecular flexibility index (Phi) is 10.9. The average molecular weight is 461 g/mol. The number of aromatic nitrogens is 2. The summed E-state index contributed by atoms with van der Waals surface area (Å²) in [6, 6.07) is 0. The lowest BCUT2D eigenvalue weighted by atomic mass is 9.86. The summed E-state index contributed by atoms with van der Waals surface area (Å²) < 4.78 is 35.2. The van der Waals surface area contributed by atoms with Crippen molar-refractivity contribution < 1.29 is 27.7 Å². The van der Waals surface area contributed by atoms with E-state index in [-0.39, 0.29) is 30.9 Å². The molecule has 0 aromatic carbocycles. The lowest BCUT2D eigenvalue weighted by Gasteiger charge is -2.27. The predicted octanol–water partition coefficient (Wildman–Crippen LogP) is 5.84. The number of carbonyl (C=O) groups is 1. The summed E-state index contributed by atoms with van der Waals surface area (Å²) in [5, 5.41) is 4.14. The van der Waals surface area contributed by atoms with Gasteiger partial charge in [-0.1, -0.05) is 51.6 Å². The Hall–Kier alpha value is -1.24. The maximum Gasteiger partial charge on any atom is 0.345 e. The van der Waals surface area contributed by atoms with Crippen molar-refractivity contribution >= 4 is 13.6 Å². The minimum absolute atomic E-state index is 0.0783. The van der Waals surface area contributed by atoms with Gasteiger partial charge in [0.25, 0.3) is 0 Å². The molecule has 1 rings (SSSR count). The van der Waals surface area contributed by atoms with Crippen LogP contribution in [0.3, 0.4) is 0 Å². The molecule has 0 saturated carbocycles. The van der Waals surface area contributed by atoms with Gasteiger partial charge in [0.1, 0.15) is 5.60 Å². The maximum absolute atomic E-state index is 13.4. The molecule has 0 amide bonds. The molecule has 8 nitrogen and oxygen atoms in total. The van der Waals surface area contributed by atoms with E-state index in [1.165, 1.54) is 12.8 Å². The molecule has 9 heteroatoms. The lowest BCUT2D eigenvalue weighted by Crippen LogP contribution is -2.34. The molecule has 0 saturated heterocycles. The summed E-state index contributed by atoms with van der Waals surface area (Å²) in [5.41, 5.74) is -2.20. The fraction of sp³-hybridized carbons (Fsp3) is 0.864. The van der Waals surface area contributed by atoms with Crippen LogP contribution in [0.4, 0.5) is 0 Å². The number of esters is 1. The smallest absolute Gasteiger partial charge is 0.345 e. The highest BCUT2D eigenvalue weighted by Gasteiger charge is 2.45. The number of unbranched alkanes of at least 4 members (excludes halogenated alkanes) is 3. The molecule has 1 aromatic rings. The number of hydrogen-bond acceptors (Lipinski definition) is 8. The lowest BCUT2D eigenvalue weighted by molar-refractivity contribution is -0.154. The largest absolute Gasteiger partial charge is 0.459 e. The molecule has 0 aliphatic heterocycles.